The van der Waals surface area contributed by atoms with Gasteiger partial charge in [0.1, 0.15) is 37.0 Å². The van der Waals surface area contributed by atoms with Crippen molar-refractivity contribution < 1.29 is 38.8 Å². The lowest BCUT2D eigenvalue weighted by atomic mass is 9.55. The van der Waals surface area contributed by atoms with E-state index in [0.29, 0.717) is 43.7 Å². The van der Waals surface area contributed by atoms with Crippen molar-refractivity contribution in [3.8, 4) is 17.2 Å². The lowest BCUT2D eigenvalue weighted by Gasteiger charge is -2.59. The van der Waals surface area contributed by atoms with Crippen LogP contribution in [0.25, 0.3) is 0 Å². The maximum atomic E-state index is 14.4. The largest absolute Gasteiger partial charge is 0.459 e. The number of fused-ring (bicyclic) bond motifs is 2. The highest BCUT2D eigenvalue weighted by atomic mass is 16.7. The van der Waals surface area contributed by atoms with Crippen LogP contribution in [0, 0.1) is 31.6 Å². The number of rotatable bonds is 19. The number of allylic oxidation sites excluding steroid dienone is 1. The molecule has 10 heteroatoms. The van der Waals surface area contributed by atoms with E-state index in [1.807, 2.05) is 61.5 Å². The van der Waals surface area contributed by atoms with Crippen molar-refractivity contribution in [2.24, 2.45) is 22.9 Å². The Bertz CT molecular complexity index is 1880. The molecule has 3 aliphatic rings. The number of oxime groups is 1. The lowest BCUT2D eigenvalue weighted by molar-refractivity contribution is -0.255. The van der Waals surface area contributed by atoms with Crippen molar-refractivity contribution in [3.05, 3.63) is 113 Å². The predicted molar refractivity (Wildman–Crippen MR) is 222 cm³/mol. The summed E-state index contributed by atoms with van der Waals surface area (Å²) in [7, 11) is 1.55. The quantitative estimate of drug-likeness (QED) is 0.0702. The van der Waals surface area contributed by atoms with Crippen LogP contribution in [0.5, 0.6) is 17.2 Å². The Labute approximate surface area is 338 Å². The number of amides is 1. The monoisotopic (exact) mass is 780 g/mol. The molecule has 0 bridgehead atoms. The van der Waals surface area contributed by atoms with E-state index >= 15 is 0 Å². The van der Waals surface area contributed by atoms with E-state index in [0.717, 1.165) is 59.4 Å². The minimum atomic E-state index is -1.35. The van der Waals surface area contributed by atoms with Gasteiger partial charge in [0.15, 0.2) is 0 Å². The first-order chi connectivity index (χ1) is 27.8. The number of benzene rings is 3. The van der Waals surface area contributed by atoms with Gasteiger partial charge in [-0.3, -0.25) is 4.90 Å². The number of unbranched alkanes of at least 4 members (excludes halogenated alkanes) is 2. The van der Waals surface area contributed by atoms with Gasteiger partial charge >= 0.3 is 6.09 Å². The summed E-state index contributed by atoms with van der Waals surface area (Å²) < 4.78 is 26.9. The fourth-order valence-corrected chi connectivity index (χ4v) is 9.15. The third-order valence-corrected chi connectivity index (χ3v) is 11.8. The second-order valence-electron chi connectivity index (χ2n) is 15.5. The molecule has 1 fully saturated rings. The van der Waals surface area contributed by atoms with Crippen molar-refractivity contribution in [2.75, 3.05) is 33.5 Å². The Hall–Kier alpha value is -4.64. The zero-order valence-electron chi connectivity index (χ0n) is 34.0. The normalized spacial score (nSPS) is 24.1. The molecule has 3 aromatic rings. The van der Waals surface area contributed by atoms with Gasteiger partial charge in [-0.25, -0.2) is 4.79 Å². The number of carbonyl (C=O) groups excluding carboxylic acids is 1. The smallest absolute Gasteiger partial charge is 0.410 e. The number of hydrogen-bond donors (Lipinski definition) is 2. The van der Waals surface area contributed by atoms with Crippen LogP contribution in [0.1, 0.15) is 86.5 Å². The Balaban J connectivity index is 1.54. The first-order valence-electron chi connectivity index (χ1n) is 20.6. The summed E-state index contributed by atoms with van der Waals surface area (Å²) in [6, 6.07) is 21.1. The van der Waals surface area contributed by atoms with Crippen LogP contribution in [0.4, 0.5) is 4.79 Å². The topological polar surface area (TPSA) is 119 Å². The first kappa shape index (κ1) is 42.0. The van der Waals surface area contributed by atoms with Crippen molar-refractivity contribution in [2.45, 2.75) is 96.5 Å². The second-order valence-corrected chi connectivity index (χ2v) is 15.5. The van der Waals surface area contributed by atoms with Gasteiger partial charge in [0.2, 0.25) is 5.79 Å². The number of aryl methyl sites for hydroxylation is 2. The molecule has 1 heterocycles. The molecule has 2 N–H and O–H groups in total. The Morgan fingerprint density at radius 3 is 2.42 bits per heavy atom. The van der Waals surface area contributed by atoms with Crippen LogP contribution in [0.3, 0.4) is 0 Å². The summed E-state index contributed by atoms with van der Waals surface area (Å²) in [5.41, 5.74) is 5.95. The molecule has 10 nitrogen and oxygen atoms in total. The Morgan fingerprint density at radius 2 is 1.72 bits per heavy atom. The molecular weight excluding hydrogens is 721 g/mol. The zero-order valence-corrected chi connectivity index (χ0v) is 34.0. The van der Waals surface area contributed by atoms with Gasteiger partial charge in [0.05, 0.1) is 18.2 Å². The van der Waals surface area contributed by atoms with Crippen LogP contribution in [0.2, 0.25) is 0 Å². The van der Waals surface area contributed by atoms with Gasteiger partial charge in [0.25, 0.3) is 0 Å². The average molecular weight is 781 g/mol. The van der Waals surface area contributed by atoms with Crippen LogP contribution >= 0.6 is 0 Å². The van der Waals surface area contributed by atoms with Crippen molar-refractivity contribution >= 4 is 11.8 Å². The molecule has 0 saturated heterocycles. The molecule has 2 aliphatic carbocycles. The van der Waals surface area contributed by atoms with Gasteiger partial charge in [-0.15, -0.1) is 6.58 Å². The van der Waals surface area contributed by atoms with Crippen LogP contribution in [0.15, 0.2) is 96.2 Å². The highest BCUT2D eigenvalue weighted by Gasteiger charge is 2.65. The van der Waals surface area contributed by atoms with E-state index in [4.69, 9.17) is 23.8 Å². The molecule has 3 aromatic carbocycles. The summed E-state index contributed by atoms with van der Waals surface area (Å²) in [4.78, 5) is 21.7. The summed E-state index contributed by atoms with van der Waals surface area (Å²) in [6.07, 6.45) is 9.36. The molecule has 0 radical (unpaired) electrons. The Morgan fingerprint density at radius 1 is 0.982 bits per heavy atom. The van der Waals surface area contributed by atoms with E-state index in [2.05, 4.69) is 43.8 Å². The number of ether oxygens (including phenoxy) is 4. The molecule has 1 aliphatic heterocycles. The van der Waals surface area contributed by atoms with Gasteiger partial charge in [-0.2, -0.15) is 0 Å². The van der Waals surface area contributed by atoms with Crippen LogP contribution < -0.4 is 9.47 Å². The molecular formula is C47H60N2O8. The predicted octanol–water partition coefficient (Wildman–Crippen LogP) is 9.41. The van der Waals surface area contributed by atoms with Gasteiger partial charge in [-0.05, 0) is 110 Å². The van der Waals surface area contributed by atoms with Gasteiger partial charge in [-0.1, -0.05) is 73.5 Å². The second kappa shape index (κ2) is 19.7. The van der Waals surface area contributed by atoms with Gasteiger partial charge in [0, 0.05) is 37.7 Å². The number of aliphatic hydroxyl groups excluding tert-OH is 2. The summed E-state index contributed by atoms with van der Waals surface area (Å²) in [5.74, 6) is 0.409. The first-order valence-corrected chi connectivity index (χ1v) is 20.6. The van der Waals surface area contributed by atoms with E-state index < -0.39 is 23.8 Å². The van der Waals surface area contributed by atoms with Crippen molar-refractivity contribution in [3.63, 3.8) is 0 Å². The summed E-state index contributed by atoms with van der Waals surface area (Å²) in [6.45, 7) is 11.2. The fraction of sp³-hybridized carbons (Fsp3) is 0.489. The molecule has 1 amide bonds. The molecule has 306 valence electrons. The average Bonchev–Trinajstić information content (AvgIpc) is 3.22. The third-order valence-electron chi connectivity index (χ3n) is 11.8. The van der Waals surface area contributed by atoms with Crippen molar-refractivity contribution in [1.82, 2.24) is 4.90 Å². The Kier molecular flexibility index (Phi) is 14.5. The third kappa shape index (κ3) is 9.24. The van der Waals surface area contributed by atoms with E-state index in [9.17, 15) is 15.0 Å². The molecule has 1 saturated carbocycles. The fourth-order valence-electron chi connectivity index (χ4n) is 9.15. The van der Waals surface area contributed by atoms with Crippen molar-refractivity contribution in [1.29, 1.82) is 0 Å². The number of aliphatic hydroxyl groups is 2. The summed E-state index contributed by atoms with van der Waals surface area (Å²) in [5, 5.41) is 24.4. The minimum absolute atomic E-state index is 0.0995. The summed E-state index contributed by atoms with van der Waals surface area (Å²) >= 11 is 0. The van der Waals surface area contributed by atoms with E-state index in [1.54, 1.807) is 18.1 Å². The molecule has 0 spiro atoms. The van der Waals surface area contributed by atoms with Crippen LogP contribution in [-0.4, -0.2) is 72.2 Å². The molecule has 6 atom stereocenters. The highest BCUT2D eigenvalue weighted by Crippen LogP contribution is 2.62. The standard InChI is InChI=1S/C47H60N2O8/c1-6-23-49(46(52)54-31-34-15-9-8-10-16-34)43-30-41(48-53-5)39-28-35(17-11-13-24-50)38(18-12-14-25-51)44-40-29-37(56-36-20-19-32(3)33(4)27-36)21-22-42(40)57-47(43,45(39)44)55-26-7-2/h7-10,15-16,19-22,27-29,35,38,43-45,50-51H,2,6,11-14,17-18,23-26,30-31H2,1,3-5H3. The minimum Gasteiger partial charge on any atom is -0.459 e. The number of hydrogen-bond acceptors (Lipinski definition) is 9. The van der Waals surface area contributed by atoms with E-state index in [-0.39, 0.29) is 44.2 Å². The molecule has 6 rings (SSSR count). The molecule has 6 unspecified atom stereocenters. The highest BCUT2D eigenvalue weighted by molar-refractivity contribution is 6.03. The van der Waals surface area contributed by atoms with E-state index in [1.165, 1.54) is 5.56 Å². The SMILES string of the molecule is C=CCOC12Oc3ccc(Oc4ccc(C)c(C)c4)cc3C3C(CCCCO)C(CCCCO)C=C(C(=NOC)CC1N(CCC)C(=O)OCc1ccccc1)C32. The maximum absolute atomic E-state index is 14.4. The molecule has 57 heavy (non-hydrogen) atoms. The molecule has 0 aromatic heterocycles. The zero-order chi connectivity index (χ0) is 40.4. The lowest BCUT2D eigenvalue weighted by Crippen LogP contribution is -2.70. The number of nitrogens with zero attached hydrogens (tertiary/aromatic N) is 2. The van der Waals surface area contributed by atoms with Gasteiger partial charge < -0.3 is 34.0 Å². The van der Waals surface area contributed by atoms with Crippen LogP contribution in [-0.2, 0) is 20.9 Å². The maximum Gasteiger partial charge on any atom is 0.410 e. The number of carbonyl (C=O) groups is 1.